The van der Waals surface area contributed by atoms with Gasteiger partial charge in [0.25, 0.3) is 0 Å². The summed E-state index contributed by atoms with van der Waals surface area (Å²) in [4.78, 5) is 0. The second kappa shape index (κ2) is 2.76. The maximum absolute atomic E-state index is 5.16. The van der Waals surface area contributed by atoms with Crippen LogP contribution in [0.15, 0.2) is 11.5 Å². The molecule has 9 heavy (non-hydrogen) atoms. The van der Waals surface area contributed by atoms with E-state index < -0.39 is 0 Å². The van der Waals surface area contributed by atoms with Crippen LogP contribution in [0.3, 0.4) is 0 Å². The summed E-state index contributed by atoms with van der Waals surface area (Å²) < 4.78 is 10.3. The average molecular weight is 128 g/mol. The van der Waals surface area contributed by atoms with Crippen LogP contribution in [-0.4, -0.2) is 6.79 Å². The molecular formula is C7H12O2. The molecule has 0 aromatic rings. The second-order valence-electron chi connectivity index (χ2n) is 1.96. The van der Waals surface area contributed by atoms with E-state index in [1.54, 1.807) is 0 Å². The molecule has 52 valence electrons. The van der Waals surface area contributed by atoms with E-state index in [1.165, 1.54) is 0 Å². The first kappa shape index (κ1) is 6.46. The number of hydrogen-bond donors (Lipinski definition) is 0. The standard InChI is InChI=1S/C7H12O2/c1-3-6-7(4-2)9-5-8-6/h3-5H2,1-2H3. The summed E-state index contributed by atoms with van der Waals surface area (Å²) >= 11 is 0. The van der Waals surface area contributed by atoms with E-state index in [0.29, 0.717) is 6.79 Å². The van der Waals surface area contributed by atoms with E-state index in [4.69, 9.17) is 9.47 Å². The van der Waals surface area contributed by atoms with Crippen LogP contribution in [-0.2, 0) is 9.47 Å². The molecule has 0 bridgehead atoms. The molecule has 0 unspecified atom stereocenters. The Kier molecular flexibility index (Phi) is 1.98. The van der Waals surface area contributed by atoms with Crippen LogP contribution < -0.4 is 0 Å². The summed E-state index contributed by atoms with van der Waals surface area (Å²) in [5.74, 6) is 2.05. The predicted molar refractivity (Wildman–Crippen MR) is 34.6 cm³/mol. The fourth-order valence-electron chi connectivity index (χ4n) is 0.931. The zero-order valence-corrected chi connectivity index (χ0v) is 5.94. The van der Waals surface area contributed by atoms with Crippen LogP contribution in [0.5, 0.6) is 0 Å². The van der Waals surface area contributed by atoms with Gasteiger partial charge in [0, 0.05) is 12.8 Å². The maximum atomic E-state index is 5.16. The average Bonchev–Trinajstić information content (AvgIpc) is 2.33. The van der Waals surface area contributed by atoms with Crippen molar-refractivity contribution >= 4 is 0 Å². The van der Waals surface area contributed by atoms with E-state index in [9.17, 15) is 0 Å². The molecule has 1 aliphatic heterocycles. The predicted octanol–water partition coefficient (Wildman–Crippen LogP) is 2.02. The van der Waals surface area contributed by atoms with Crippen LogP contribution in [0.25, 0.3) is 0 Å². The molecule has 2 nitrogen and oxygen atoms in total. The van der Waals surface area contributed by atoms with Crippen LogP contribution in [0, 0.1) is 0 Å². The molecule has 0 fully saturated rings. The molecule has 0 saturated carbocycles. The zero-order valence-electron chi connectivity index (χ0n) is 5.94. The number of hydrogen-bond acceptors (Lipinski definition) is 2. The Labute approximate surface area is 55.5 Å². The SMILES string of the molecule is CCC1=C(CC)OCO1. The molecule has 0 spiro atoms. The Balaban J connectivity index is 2.59. The van der Waals surface area contributed by atoms with Gasteiger partial charge in [0.2, 0.25) is 6.79 Å². The molecule has 0 aromatic carbocycles. The second-order valence-corrected chi connectivity index (χ2v) is 1.96. The Morgan fingerprint density at radius 1 is 1.11 bits per heavy atom. The molecule has 0 aliphatic carbocycles. The van der Waals surface area contributed by atoms with Gasteiger partial charge in [-0.05, 0) is 0 Å². The summed E-state index contributed by atoms with van der Waals surface area (Å²) in [5, 5.41) is 0. The van der Waals surface area contributed by atoms with Crippen molar-refractivity contribution in [3.8, 4) is 0 Å². The lowest BCUT2D eigenvalue weighted by atomic mass is 10.3. The normalized spacial score (nSPS) is 17.6. The molecule has 1 rings (SSSR count). The summed E-state index contributed by atoms with van der Waals surface area (Å²) in [6, 6.07) is 0. The minimum absolute atomic E-state index is 0.423. The van der Waals surface area contributed by atoms with E-state index >= 15 is 0 Å². The molecule has 0 radical (unpaired) electrons. The first-order chi connectivity index (χ1) is 4.38. The van der Waals surface area contributed by atoms with Crippen LogP contribution in [0.2, 0.25) is 0 Å². The molecule has 0 aromatic heterocycles. The molecular weight excluding hydrogens is 116 g/mol. The molecule has 0 atom stereocenters. The van der Waals surface area contributed by atoms with Gasteiger partial charge in [-0.2, -0.15) is 0 Å². The van der Waals surface area contributed by atoms with Gasteiger partial charge < -0.3 is 9.47 Å². The number of allylic oxidation sites excluding steroid dienone is 2. The topological polar surface area (TPSA) is 18.5 Å². The van der Waals surface area contributed by atoms with E-state index in [0.717, 1.165) is 24.4 Å². The number of rotatable bonds is 2. The summed E-state index contributed by atoms with van der Waals surface area (Å²) in [5.41, 5.74) is 0. The molecule has 0 saturated heterocycles. The monoisotopic (exact) mass is 128 g/mol. The van der Waals surface area contributed by atoms with Gasteiger partial charge in [-0.1, -0.05) is 13.8 Å². The van der Waals surface area contributed by atoms with Gasteiger partial charge in [-0.15, -0.1) is 0 Å². The van der Waals surface area contributed by atoms with E-state index in [-0.39, 0.29) is 0 Å². The molecule has 1 aliphatic rings. The van der Waals surface area contributed by atoms with Gasteiger partial charge in [-0.25, -0.2) is 0 Å². The van der Waals surface area contributed by atoms with Crippen molar-refractivity contribution in [1.29, 1.82) is 0 Å². The maximum Gasteiger partial charge on any atom is 0.230 e. The summed E-state index contributed by atoms with van der Waals surface area (Å²) in [6.45, 7) is 4.56. The summed E-state index contributed by atoms with van der Waals surface area (Å²) in [7, 11) is 0. The Bertz CT molecular complexity index is 113. The van der Waals surface area contributed by atoms with Crippen molar-refractivity contribution < 1.29 is 9.47 Å². The molecule has 0 N–H and O–H groups in total. The quantitative estimate of drug-likeness (QED) is 0.566. The largest absolute Gasteiger partial charge is 0.458 e. The fraction of sp³-hybridized carbons (Fsp3) is 0.714. The lowest BCUT2D eigenvalue weighted by Gasteiger charge is -1.94. The van der Waals surface area contributed by atoms with Crippen molar-refractivity contribution in [1.82, 2.24) is 0 Å². The highest BCUT2D eigenvalue weighted by atomic mass is 16.7. The lowest BCUT2D eigenvalue weighted by Crippen LogP contribution is -1.81. The third-order valence-corrected chi connectivity index (χ3v) is 1.42. The highest BCUT2D eigenvalue weighted by molar-refractivity contribution is 5.02. The van der Waals surface area contributed by atoms with E-state index in [1.807, 2.05) is 0 Å². The third-order valence-electron chi connectivity index (χ3n) is 1.42. The van der Waals surface area contributed by atoms with Gasteiger partial charge >= 0.3 is 0 Å². The Morgan fingerprint density at radius 2 is 1.56 bits per heavy atom. The highest BCUT2D eigenvalue weighted by Crippen LogP contribution is 2.20. The lowest BCUT2D eigenvalue weighted by molar-refractivity contribution is 0.0679. The van der Waals surface area contributed by atoms with Crippen molar-refractivity contribution in [2.45, 2.75) is 26.7 Å². The van der Waals surface area contributed by atoms with Gasteiger partial charge in [-0.3, -0.25) is 0 Å². The first-order valence-corrected chi connectivity index (χ1v) is 3.36. The molecule has 2 heteroatoms. The third kappa shape index (κ3) is 1.18. The highest BCUT2D eigenvalue weighted by Gasteiger charge is 2.12. The Hall–Kier alpha value is -0.660. The minimum Gasteiger partial charge on any atom is -0.458 e. The summed E-state index contributed by atoms with van der Waals surface area (Å²) in [6.07, 6.45) is 1.90. The molecule has 1 heterocycles. The van der Waals surface area contributed by atoms with Gasteiger partial charge in [0.15, 0.2) is 0 Å². The van der Waals surface area contributed by atoms with Crippen molar-refractivity contribution in [2.75, 3.05) is 6.79 Å². The number of ether oxygens (including phenoxy) is 2. The molecule has 0 amide bonds. The Morgan fingerprint density at radius 3 is 1.89 bits per heavy atom. The van der Waals surface area contributed by atoms with Crippen LogP contribution >= 0.6 is 0 Å². The zero-order chi connectivity index (χ0) is 6.69. The van der Waals surface area contributed by atoms with Gasteiger partial charge in [0.05, 0.1) is 0 Å². The van der Waals surface area contributed by atoms with Crippen molar-refractivity contribution in [3.63, 3.8) is 0 Å². The van der Waals surface area contributed by atoms with Crippen molar-refractivity contribution in [2.24, 2.45) is 0 Å². The van der Waals surface area contributed by atoms with Crippen molar-refractivity contribution in [3.05, 3.63) is 11.5 Å². The van der Waals surface area contributed by atoms with Crippen LogP contribution in [0.1, 0.15) is 26.7 Å². The minimum atomic E-state index is 0.423. The fourth-order valence-corrected chi connectivity index (χ4v) is 0.931. The van der Waals surface area contributed by atoms with E-state index in [2.05, 4.69) is 13.8 Å². The van der Waals surface area contributed by atoms with Gasteiger partial charge in [0.1, 0.15) is 11.5 Å². The van der Waals surface area contributed by atoms with Crippen LogP contribution in [0.4, 0.5) is 0 Å². The smallest absolute Gasteiger partial charge is 0.230 e. The first-order valence-electron chi connectivity index (χ1n) is 3.36.